The van der Waals surface area contributed by atoms with E-state index >= 15 is 0 Å². The van der Waals surface area contributed by atoms with Crippen molar-refractivity contribution in [2.45, 2.75) is 148 Å². The first-order valence-electron chi connectivity index (χ1n) is 19.0. The smallest absolute Gasteiger partial charge is 0.250 e. The van der Waals surface area contributed by atoms with Gasteiger partial charge >= 0.3 is 0 Å². The first-order valence-corrected chi connectivity index (χ1v) is 19.0. The molecule has 0 bridgehead atoms. The second-order valence-corrected chi connectivity index (χ2v) is 14.9. The summed E-state index contributed by atoms with van der Waals surface area (Å²) >= 11 is 0. The van der Waals surface area contributed by atoms with Crippen LogP contribution in [0.2, 0.25) is 0 Å². The Balaban J connectivity index is 2.61. The molecule has 51 heavy (non-hydrogen) atoms. The number of amides is 5. The molecule has 15 heteroatoms. The zero-order valence-corrected chi connectivity index (χ0v) is 31.7. The van der Waals surface area contributed by atoms with Gasteiger partial charge in [0.2, 0.25) is 23.6 Å². The number of ketones is 1. The van der Waals surface area contributed by atoms with Crippen LogP contribution in [-0.4, -0.2) is 109 Å². The highest BCUT2D eigenvalue weighted by atomic mass is 16.5. The third-order valence-electron chi connectivity index (χ3n) is 10.1. The zero-order chi connectivity index (χ0) is 38.2. The Morgan fingerprint density at radius 2 is 1.55 bits per heavy atom. The number of carbonyl (C=O) groups excluding carboxylic acids is 6. The highest BCUT2D eigenvalue weighted by Gasteiger charge is 2.40. The predicted octanol–water partition coefficient (Wildman–Crippen LogP) is 0.218. The van der Waals surface area contributed by atoms with Gasteiger partial charge in [0.25, 0.3) is 5.91 Å². The fourth-order valence-corrected chi connectivity index (χ4v) is 6.85. The number of nitrogens with one attached hydrogen (secondary N) is 4. The maximum Gasteiger partial charge on any atom is 0.250 e. The van der Waals surface area contributed by atoms with Crippen molar-refractivity contribution in [1.29, 1.82) is 0 Å². The largest absolute Gasteiger partial charge is 0.375 e. The zero-order valence-electron chi connectivity index (χ0n) is 31.7. The van der Waals surface area contributed by atoms with Crippen LogP contribution in [0.15, 0.2) is 0 Å². The van der Waals surface area contributed by atoms with Crippen molar-refractivity contribution in [2.75, 3.05) is 26.7 Å². The maximum atomic E-state index is 14.2. The van der Waals surface area contributed by atoms with E-state index in [4.69, 9.17) is 21.9 Å². The molecule has 0 aromatic heterocycles. The first kappa shape index (κ1) is 44.0. The van der Waals surface area contributed by atoms with Gasteiger partial charge < -0.3 is 48.1 Å². The van der Waals surface area contributed by atoms with Gasteiger partial charge in [-0.2, -0.15) is 0 Å². The topological polar surface area (TPSA) is 241 Å². The molecular weight excluding hydrogens is 656 g/mol. The van der Waals surface area contributed by atoms with Crippen LogP contribution in [0, 0.1) is 17.8 Å². The van der Waals surface area contributed by atoms with Gasteiger partial charge in [0.15, 0.2) is 11.8 Å². The number of rotatable bonds is 12. The van der Waals surface area contributed by atoms with E-state index in [0.717, 1.165) is 44.9 Å². The fourth-order valence-electron chi connectivity index (χ4n) is 6.85. The average molecular weight is 723 g/mol. The van der Waals surface area contributed by atoms with Gasteiger partial charge in [-0.1, -0.05) is 72.6 Å². The molecule has 2 rings (SSSR count). The Kier molecular flexibility index (Phi) is 19.0. The molecule has 15 nitrogen and oxygen atoms in total. The molecule has 0 aromatic carbocycles. The van der Waals surface area contributed by atoms with E-state index < -0.39 is 77.7 Å². The molecule has 1 aliphatic carbocycles. The number of hydrogen-bond donors (Lipinski definition) is 7. The monoisotopic (exact) mass is 723 g/mol. The number of ether oxygens (including phenoxy) is 1. The van der Waals surface area contributed by atoms with Crippen molar-refractivity contribution in [3.05, 3.63) is 0 Å². The molecule has 8 atom stereocenters. The molecule has 292 valence electrons. The second kappa shape index (κ2) is 22.0. The normalized spacial score (nSPS) is 29.3. The Labute approximate surface area is 304 Å². The van der Waals surface area contributed by atoms with E-state index in [2.05, 4.69) is 28.2 Å². The number of hydrogen-bond acceptors (Lipinski definition) is 10. The van der Waals surface area contributed by atoms with E-state index in [1.807, 2.05) is 13.8 Å². The summed E-state index contributed by atoms with van der Waals surface area (Å²) < 4.78 is 6.30. The minimum atomic E-state index is -1.73. The molecule has 0 aromatic rings. The lowest BCUT2D eigenvalue weighted by Gasteiger charge is -2.36. The number of Topliss-reactive ketones (excluding diaryl/α,β-unsaturated/α-hetero) is 1. The molecule has 1 aliphatic heterocycles. The average Bonchev–Trinajstić information content (AvgIpc) is 3.11. The van der Waals surface area contributed by atoms with Crippen LogP contribution < -0.4 is 38.5 Å². The van der Waals surface area contributed by atoms with Crippen LogP contribution in [0.1, 0.15) is 105 Å². The number of carbonyl (C=O) groups is 6. The van der Waals surface area contributed by atoms with Crippen molar-refractivity contribution in [3.63, 3.8) is 0 Å². The van der Waals surface area contributed by atoms with Crippen LogP contribution in [-0.2, 0) is 33.5 Å². The lowest BCUT2D eigenvalue weighted by molar-refractivity contribution is -0.147. The van der Waals surface area contributed by atoms with Gasteiger partial charge in [-0.15, -0.1) is 0 Å². The van der Waals surface area contributed by atoms with Crippen LogP contribution in [0.5, 0.6) is 0 Å². The van der Waals surface area contributed by atoms with Crippen LogP contribution in [0.25, 0.3) is 0 Å². The van der Waals surface area contributed by atoms with Gasteiger partial charge in [0.1, 0.15) is 18.1 Å². The molecular formula is C36H66N8O7. The van der Waals surface area contributed by atoms with Crippen molar-refractivity contribution in [2.24, 2.45) is 35.0 Å². The van der Waals surface area contributed by atoms with Crippen LogP contribution in [0.3, 0.4) is 0 Å². The van der Waals surface area contributed by atoms with E-state index in [-0.39, 0.29) is 37.4 Å². The molecule has 2 fully saturated rings. The van der Waals surface area contributed by atoms with E-state index in [1.54, 1.807) is 20.9 Å². The van der Waals surface area contributed by atoms with E-state index in [9.17, 15) is 28.8 Å². The summed E-state index contributed by atoms with van der Waals surface area (Å²) in [7, 11) is 1.61. The summed E-state index contributed by atoms with van der Waals surface area (Å²) in [6, 6.07) is -6.84. The van der Waals surface area contributed by atoms with Gasteiger partial charge in [0.05, 0.1) is 24.7 Å². The van der Waals surface area contributed by atoms with Gasteiger partial charge in [-0.05, 0) is 44.4 Å². The maximum absolute atomic E-state index is 14.2. The molecule has 5 amide bonds. The first-order chi connectivity index (χ1) is 24.2. The van der Waals surface area contributed by atoms with E-state index in [1.165, 1.54) is 4.90 Å². The molecule has 1 saturated heterocycles. The van der Waals surface area contributed by atoms with Crippen molar-refractivity contribution in [1.82, 2.24) is 26.2 Å². The minimum Gasteiger partial charge on any atom is -0.375 e. The van der Waals surface area contributed by atoms with Crippen molar-refractivity contribution in [3.8, 4) is 0 Å². The second-order valence-electron chi connectivity index (χ2n) is 14.9. The van der Waals surface area contributed by atoms with E-state index in [0.29, 0.717) is 25.7 Å². The molecule has 1 saturated carbocycles. The number of unbranched alkanes of at least 4 members (excludes halogenated alkanes) is 3. The summed E-state index contributed by atoms with van der Waals surface area (Å²) in [4.78, 5) is 84.0. The van der Waals surface area contributed by atoms with Crippen LogP contribution >= 0.6 is 0 Å². The summed E-state index contributed by atoms with van der Waals surface area (Å²) in [6.07, 6.45) is 8.35. The SMILES string of the molecule is CCCCCC[C@H]1OC[C@@H](C)NC(=O)[C@H](C(=O)[C@H](N)CN)NC(=O)[C@H](CN)NC(=O)[C@H](C2CCCCC2)NC(=O)[C@H](CC(C)C)N(C)C(=O)[C@@H]1C. The number of nitrogens with zero attached hydrogens (tertiary/aromatic N) is 1. The summed E-state index contributed by atoms with van der Waals surface area (Å²) in [5.74, 6) is -4.68. The molecule has 0 radical (unpaired) electrons. The number of likely N-dealkylation sites (N-methyl/N-ethyl adjacent to an activating group) is 1. The van der Waals surface area contributed by atoms with Gasteiger partial charge in [0, 0.05) is 26.2 Å². The third-order valence-corrected chi connectivity index (χ3v) is 10.1. The highest BCUT2D eigenvalue weighted by Crippen LogP contribution is 2.28. The molecule has 1 heterocycles. The summed E-state index contributed by atoms with van der Waals surface area (Å²) in [5, 5.41) is 10.8. The van der Waals surface area contributed by atoms with Gasteiger partial charge in [-0.3, -0.25) is 28.8 Å². The van der Waals surface area contributed by atoms with Gasteiger partial charge in [-0.25, -0.2) is 0 Å². The van der Waals surface area contributed by atoms with Crippen molar-refractivity contribution >= 4 is 35.3 Å². The lowest BCUT2D eigenvalue weighted by atomic mass is 9.83. The molecule has 2 aliphatic rings. The third kappa shape index (κ3) is 13.4. The quantitative estimate of drug-likeness (QED) is 0.107. The Morgan fingerprint density at radius 1 is 0.882 bits per heavy atom. The fraction of sp³-hybridized carbons (Fsp3) is 0.833. The van der Waals surface area contributed by atoms with Crippen molar-refractivity contribution < 1.29 is 33.5 Å². The molecule has 0 spiro atoms. The Hall–Kier alpha value is -3.14. The minimum absolute atomic E-state index is 0.00375. The van der Waals surface area contributed by atoms with Crippen LogP contribution in [0.4, 0.5) is 0 Å². The molecule has 0 unspecified atom stereocenters. The number of nitrogens with two attached hydrogens (primary N) is 3. The molecule has 10 N–H and O–H groups in total. The standard InChI is InChI=1S/C36H66N8O7/c1-7-8-9-13-16-28-23(5)36(50)44(6)27(17-21(2)3)33(47)42-29(24-14-11-10-12-15-24)34(48)41-26(19-38)32(46)43-30(31(45)25(39)18-37)35(49)40-22(4)20-51-28/h21-30H,7-20,37-39H2,1-6H3,(H,40,49)(H,41,48)(H,42,47)(H,43,46)/t22-,23-,25-,26+,27+,28-,29+,30+/m1/s1. The summed E-state index contributed by atoms with van der Waals surface area (Å²) in [5.41, 5.74) is 17.5. The highest BCUT2D eigenvalue weighted by molar-refractivity contribution is 6.10. The summed E-state index contributed by atoms with van der Waals surface area (Å²) in [6.45, 7) is 8.88. The lowest BCUT2D eigenvalue weighted by Crippen LogP contribution is -2.64. The Morgan fingerprint density at radius 3 is 2.14 bits per heavy atom. The Bertz CT molecular complexity index is 1160. The predicted molar refractivity (Wildman–Crippen MR) is 195 cm³/mol.